The largest absolute Gasteiger partial charge is 0.494 e. The quantitative estimate of drug-likeness (QED) is 0.488. The summed E-state index contributed by atoms with van der Waals surface area (Å²) in [5.41, 5.74) is 1.73. The van der Waals surface area contributed by atoms with Gasteiger partial charge in [-0.25, -0.2) is 8.42 Å². The molecule has 0 aliphatic carbocycles. The van der Waals surface area contributed by atoms with Gasteiger partial charge in [-0.3, -0.25) is 13.9 Å². The number of ether oxygens (including phenoxy) is 1. The maximum absolute atomic E-state index is 13.7. The average Bonchev–Trinajstić information content (AvgIpc) is 2.77. The molecule has 2 aromatic carbocycles. The summed E-state index contributed by atoms with van der Waals surface area (Å²) in [6, 6.07) is 13.4. The van der Waals surface area contributed by atoms with E-state index in [2.05, 4.69) is 5.32 Å². The van der Waals surface area contributed by atoms with Crippen molar-refractivity contribution in [3.05, 3.63) is 59.7 Å². The number of amides is 2. The predicted octanol–water partition coefficient (Wildman–Crippen LogP) is 3.88. The average molecular weight is 518 g/mol. The number of carbonyl (C=O) groups excluding carboxylic acids is 2. The van der Waals surface area contributed by atoms with Crippen LogP contribution in [-0.4, -0.2) is 56.1 Å². The van der Waals surface area contributed by atoms with E-state index in [4.69, 9.17) is 4.74 Å². The van der Waals surface area contributed by atoms with Gasteiger partial charge in [-0.1, -0.05) is 31.2 Å². The summed E-state index contributed by atoms with van der Waals surface area (Å²) in [7, 11) is -3.79. The fourth-order valence-corrected chi connectivity index (χ4v) is 4.68. The number of hydrogen-bond donors (Lipinski definition) is 1. The molecule has 2 amide bonds. The molecule has 0 saturated carbocycles. The van der Waals surface area contributed by atoms with E-state index >= 15 is 0 Å². The Labute approximate surface area is 215 Å². The molecule has 9 heteroatoms. The van der Waals surface area contributed by atoms with E-state index in [1.54, 1.807) is 24.3 Å². The lowest BCUT2D eigenvalue weighted by Gasteiger charge is -2.34. The molecule has 0 aliphatic heterocycles. The molecule has 2 rings (SSSR count). The van der Waals surface area contributed by atoms with E-state index in [1.165, 1.54) is 4.90 Å². The summed E-state index contributed by atoms with van der Waals surface area (Å²) in [6.07, 6.45) is 1.44. The van der Waals surface area contributed by atoms with Gasteiger partial charge in [0.1, 0.15) is 18.3 Å². The fraction of sp³-hybridized carbons (Fsp3) is 0.481. The molecule has 2 aromatic rings. The molecule has 0 aromatic heterocycles. The molecule has 0 unspecified atom stereocenters. The lowest BCUT2D eigenvalue weighted by atomic mass is 10.0. The van der Waals surface area contributed by atoms with Crippen LogP contribution in [0, 0.1) is 6.92 Å². The molecule has 198 valence electrons. The van der Waals surface area contributed by atoms with Gasteiger partial charge in [0.05, 0.1) is 18.6 Å². The molecule has 0 fully saturated rings. The monoisotopic (exact) mass is 517 g/mol. The second-order valence-electron chi connectivity index (χ2n) is 9.81. The number of nitrogens with one attached hydrogen (secondary N) is 1. The first-order valence-electron chi connectivity index (χ1n) is 12.1. The fourth-order valence-electron chi connectivity index (χ4n) is 3.83. The predicted molar refractivity (Wildman–Crippen MR) is 144 cm³/mol. The van der Waals surface area contributed by atoms with Crippen molar-refractivity contribution in [2.24, 2.45) is 0 Å². The van der Waals surface area contributed by atoms with Crippen molar-refractivity contribution in [3.8, 4) is 5.75 Å². The number of anilines is 1. The van der Waals surface area contributed by atoms with Crippen LogP contribution in [0.15, 0.2) is 48.5 Å². The Balaban J connectivity index is 2.45. The van der Waals surface area contributed by atoms with Gasteiger partial charge in [-0.05, 0) is 76.4 Å². The minimum Gasteiger partial charge on any atom is -0.494 e. The Morgan fingerprint density at radius 2 is 1.64 bits per heavy atom. The first kappa shape index (κ1) is 29.2. The molecular weight excluding hydrogens is 478 g/mol. The van der Waals surface area contributed by atoms with Crippen LogP contribution in [0.4, 0.5) is 5.69 Å². The Morgan fingerprint density at radius 3 is 2.14 bits per heavy atom. The molecule has 0 bridgehead atoms. The highest BCUT2D eigenvalue weighted by molar-refractivity contribution is 7.92. The van der Waals surface area contributed by atoms with Crippen LogP contribution < -0.4 is 14.4 Å². The second kappa shape index (κ2) is 12.3. The van der Waals surface area contributed by atoms with Gasteiger partial charge >= 0.3 is 0 Å². The molecule has 36 heavy (non-hydrogen) atoms. The first-order valence-corrected chi connectivity index (χ1v) is 14.0. The zero-order valence-corrected chi connectivity index (χ0v) is 23.2. The third-order valence-electron chi connectivity index (χ3n) is 5.60. The Kier molecular flexibility index (Phi) is 9.93. The van der Waals surface area contributed by atoms with Crippen molar-refractivity contribution in [2.45, 2.75) is 66.1 Å². The van der Waals surface area contributed by atoms with E-state index < -0.39 is 34.1 Å². The minimum atomic E-state index is -3.79. The van der Waals surface area contributed by atoms with Crippen LogP contribution in [0.3, 0.4) is 0 Å². The lowest BCUT2D eigenvalue weighted by Crippen LogP contribution is -2.55. The number of aryl methyl sites for hydroxylation is 1. The number of nitrogens with zero attached hydrogens (tertiary/aromatic N) is 2. The van der Waals surface area contributed by atoms with E-state index in [1.807, 2.05) is 65.8 Å². The van der Waals surface area contributed by atoms with Crippen LogP contribution in [0.2, 0.25) is 0 Å². The van der Waals surface area contributed by atoms with Crippen molar-refractivity contribution in [1.29, 1.82) is 0 Å². The summed E-state index contributed by atoms with van der Waals surface area (Å²) in [6.45, 7) is 11.5. The lowest BCUT2D eigenvalue weighted by molar-refractivity contribution is -0.141. The molecule has 0 heterocycles. The summed E-state index contributed by atoms with van der Waals surface area (Å²) >= 11 is 0. The van der Waals surface area contributed by atoms with Gasteiger partial charge in [0.25, 0.3) is 0 Å². The molecule has 1 atom stereocenters. The SMILES string of the molecule is CCOc1ccc(N(CC(=O)N(Cc2ccccc2C)[C@H](CC)C(=O)NC(C)(C)C)S(C)(=O)=O)cc1. The third kappa shape index (κ3) is 8.26. The number of benzene rings is 2. The summed E-state index contributed by atoms with van der Waals surface area (Å²) in [4.78, 5) is 28.4. The Bertz CT molecular complexity index is 1140. The van der Waals surface area contributed by atoms with Crippen molar-refractivity contribution in [3.63, 3.8) is 0 Å². The van der Waals surface area contributed by atoms with Gasteiger partial charge < -0.3 is 15.0 Å². The van der Waals surface area contributed by atoms with Crippen molar-refractivity contribution < 1.29 is 22.7 Å². The summed E-state index contributed by atoms with van der Waals surface area (Å²) in [5, 5.41) is 2.96. The second-order valence-corrected chi connectivity index (χ2v) is 11.7. The highest BCUT2D eigenvalue weighted by Gasteiger charge is 2.33. The van der Waals surface area contributed by atoms with Crippen molar-refractivity contribution >= 4 is 27.5 Å². The highest BCUT2D eigenvalue weighted by Crippen LogP contribution is 2.23. The van der Waals surface area contributed by atoms with Gasteiger partial charge in [-0.15, -0.1) is 0 Å². The van der Waals surface area contributed by atoms with Gasteiger partial charge in [0, 0.05) is 12.1 Å². The summed E-state index contributed by atoms with van der Waals surface area (Å²) in [5.74, 6) is -0.139. The van der Waals surface area contributed by atoms with Gasteiger partial charge in [0.15, 0.2) is 0 Å². The molecule has 0 aliphatic rings. The van der Waals surface area contributed by atoms with Crippen LogP contribution in [0.5, 0.6) is 5.75 Å². The van der Waals surface area contributed by atoms with E-state index in [-0.39, 0.29) is 12.5 Å². The van der Waals surface area contributed by atoms with Crippen LogP contribution >= 0.6 is 0 Å². The number of hydrogen-bond acceptors (Lipinski definition) is 5. The van der Waals surface area contributed by atoms with Crippen molar-refractivity contribution in [1.82, 2.24) is 10.2 Å². The summed E-state index contributed by atoms with van der Waals surface area (Å²) < 4.78 is 31.9. The maximum atomic E-state index is 13.7. The highest BCUT2D eigenvalue weighted by atomic mass is 32.2. The van der Waals surface area contributed by atoms with Crippen LogP contribution in [0.25, 0.3) is 0 Å². The number of carbonyl (C=O) groups is 2. The Hall–Kier alpha value is -3.07. The zero-order valence-electron chi connectivity index (χ0n) is 22.4. The van der Waals surface area contributed by atoms with E-state index in [0.29, 0.717) is 24.5 Å². The molecule has 0 saturated heterocycles. The Morgan fingerprint density at radius 1 is 1.03 bits per heavy atom. The van der Waals surface area contributed by atoms with Crippen LogP contribution in [0.1, 0.15) is 52.2 Å². The van der Waals surface area contributed by atoms with Crippen LogP contribution in [-0.2, 0) is 26.2 Å². The maximum Gasteiger partial charge on any atom is 0.244 e. The molecule has 0 radical (unpaired) electrons. The minimum absolute atomic E-state index is 0.183. The first-order chi connectivity index (χ1) is 16.8. The zero-order chi connectivity index (χ0) is 27.1. The van der Waals surface area contributed by atoms with Gasteiger partial charge in [-0.2, -0.15) is 0 Å². The molecule has 1 N–H and O–H groups in total. The topological polar surface area (TPSA) is 96.0 Å². The molecule has 8 nitrogen and oxygen atoms in total. The smallest absolute Gasteiger partial charge is 0.244 e. The van der Waals surface area contributed by atoms with E-state index in [9.17, 15) is 18.0 Å². The third-order valence-corrected chi connectivity index (χ3v) is 6.74. The van der Waals surface area contributed by atoms with E-state index in [0.717, 1.165) is 21.7 Å². The van der Waals surface area contributed by atoms with Gasteiger partial charge in [0.2, 0.25) is 21.8 Å². The standard InChI is InChI=1S/C27H39N3O5S/c1-8-24(26(32)28-27(4,5)6)29(18-21-13-11-10-12-20(21)3)25(31)19-30(36(7,33)34)22-14-16-23(17-15-22)35-9-2/h10-17,24H,8-9,18-19H2,1-7H3,(H,28,32)/t24-/m1/s1. The number of rotatable bonds is 11. The van der Waals surface area contributed by atoms with Crippen molar-refractivity contribution in [2.75, 3.05) is 23.7 Å². The number of sulfonamides is 1. The normalized spacial score (nSPS) is 12.5. The molecule has 0 spiro atoms. The molecular formula is C27H39N3O5S.